The fourth-order valence-electron chi connectivity index (χ4n) is 2.24. The highest BCUT2D eigenvalue weighted by Gasteiger charge is 2.21. The number of likely N-dealkylation sites (N-methyl/N-ethyl adjacent to an activating group) is 1. The average molecular weight is 398 g/mol. The van der Waals surface area contributed by atoms with Gasteiger partial charge in [-0.2, -0.15) is 0 Å². The Morgan fingerprint density at radius 2 is 1.74 bits per heavy atom. The number of hydrogen-bond donors (Lipinski definition) is 1. The van der Waals surface area contributed by atoms with E-state index in [2.05, 4.69) is 0 Å². The maximum atomic E-state index is 13.8. The summed E-state index contributed by atoms with van der Waals surface area (Å²) in [5, 5.41) is 4.94. The molecule has 1 amide bonds. The van der Waals surface area contributed by atoms with Crippen LogP contribution in [-0.2, 0) is 19.6 Å². The lowest BCUT2D eigenvalue weighted by Gasteiger charge is -2.20. The molecule has 0 aliphatic rings. The van der Waals surface area contributed by atoms with Crippen molar-refractivity contribution in [2.24, 2.45) is 5.14 Å². The Balaban J connectivity index is 2.12. The van der Waals surface area contributed by atoms with Crippen molar-refractivity contribution in [3.63, 3.8) is 0 Å². The first-order valence-electron chi connectivity index (χ1n) is 7.69. The van der Waals surface area contributed by atoms with Gasteiger partial charge in [0.05, 0.1) is 10.5 Å². The molecule has 0 atom stereocenters. The van der Waals surface area contributed by atoms with E-state index in [0.717, 1.165) is 18.2 Å². The number of benzene rings is 2. The second kappa shape index (κ2) is 8.23. The number of ether oxygens (including phenoxy) is 1. The first-order chi connectivity index (χ1) is 12.6. The smallest absolute Gasteiger partial charge is 0.341 e. The molecule has 0 bridgehead atoms. The third kappa shape index (κ3) is 5.08. The lowest BCUT2D eigenvalue weighted by atomic mass is 10.2. The number of carbonyl (C=O) groups excluding carboxylic acids is 2. The van der Waals surface area contributed by atoms with E-state index in [0.29, 0.717) is 5.69 Å². The van der Waals surface area contributed by atoms with Gasteiger partial charge in [-0.15, -0.1) is 0 Å². The fourth-order valence-corrected chi connectivity index (χ4v) is 2.78. The lowest BCUT2D eigenvalue weighted by Crippen LogP contribution is -2.34. The van der Waals surface area contributed by atoms with Gasteiger partial charge in [0, 0.05) is 12.2 Å². The van der Waals surface area contributed by atoms with Gasteiger partial charge in [-0.25, -0.2) is 27.1 Å². The highest BCUT2D eigenvalue weighted by molar-refractivity contribution is 7.89. The third-order valence-electron chi connectivity index (χ3n) is 3.57. The third-order valence-corrected chi connectivity index (χ3v) is 4.48. The average Bonchev–Trinajstić information content (AvgIpc) is 2.61. The number of sulfonamides is 1. The maximum absolute atomic E-state index is 13.8. The number of primary sulfonamides is 1. The summed E-state index contributed by atoms with van der Waals surface area (Å²) < 4.78 is 54.2. The standard InChI is InChI=1S/C17H16F2N2O5S/c1-2-21(12-5-3-11(18)4-6-12)16(22)10-26-17(23)14-9-13(27(20,24)25)7-8-15(14)19/h3-9H,2,10H2,1H3,(H2,20,24,25). The van der Waals surface area contributed by atoms with Crippen molar-refractivity contribution >= 4 is 27.6 Å². The minimum absolute atomic E-state index is 0.220. The van der Waals surface area contributed by atoms with Gasteiger partial charge < -0.3 is 9.64 Å². The van der Waals surface area contributed by atoms with Crippen molar-refractivity contribution in [3.05, 3.63) is 59.7 Å². The Kier molecular flexibility index (Phi) is 6.24. The molecular formula is C17H16F2N2O5S. The number of amides is 1. The summed E-state index contributed by atoms with van der Waals surface area (Å²) in [7, 11) is -4.14. The van der Waals surface area contributed by atoms with E-state index in [1.807, 2.05) is 0 Å². The number of esters is 1. The number of nitrogens with two attached hydrogens (primary N) is 1. The summed E-state index contributed by atoms with van der Waals surface area (Å²) in [5.74, 6) is -3.34. The highest BCUT2D eigenvalue weighted by Crippen LogP contribution is 2.17. The van der Waals surface area contributed by atoms with Crippen LogP contribution < -0.4 is 10.0 Å². The molecule has 0 aliphatic heterocycles. The largest absolute Gasteiger partial charge is 0.452 e. The van der Waals surface area contributed by atoms with Crippen LogP contribution in [0.1, 0.15) is 17.3 Å². The van der Waals surface area contributed by atoms with Crippen LogP contribution in [0.3, 0.4) is 0 Å². The van der Waals surface area contributed by atoms with Gasteiger partial charge in [-0.05, 0) is 49.4 Å². The van der Waals surface area contributed by atoms with Crippen molar-refractivity contribution in [2.75, 3.05) is 18.1 Å². The van der Waals surface area contributed by atoms with Gasteiger partial charge in [0.25, 0.3) is 5.91 Å². The molecule has 144 valence electrons. The Labute approximate surface area is 154 Å². The molecule has 0 saturated heterocycles. The minimum Gasteiger partial charge on any atom is -0.452 e. The quantitative estimate of drug-likeness (QED) is 0.747. The Morgan fingerprint density at radius 1 is 1.11 bits per heavy atom. The first-order valence-corrected chi connectivity index (χ1v) is 9.23. The van der Waals surface area contributed by atoms with Gasteiger partial charge in [0.15, 0.2) is 6.61 Å². The first kappa shape index (κ1) is 20.5. The molecular weight excluding hydrogens is 382 g/mol. The molecule has 0 fully saturated rings. The highest BCUT2D eigenvalue weighted by atomic mass is 32.2. The van der Waals surface area contributed by atoms with Crippen LogP contribution in [0.4, 0.5) is 14.5 Å². The van der Waals surface area contributed by atoms with Crippen LogP contribution in [0.25, 0.3) is 0 Å². The molecule has 2 N–H and O–H groups in total. The summed E-state index contributed by atoms with van der Waals surface area (Å²) in [6, 6.07) is 7.50. The van der Waals surface area contributed by atoms with Crippen LogP contribution >= 0.6 is 0 Å². The predicted molar refractivity (Wildman–Crippen MR) is 92.5 cm³/mol. The van der Waals surface area contributed by atoms with Gasteiger partial charge in [0.2, 0.25) is 10.0 Å². The lowest BCUT2D eigenvalue weighted by molar-refractivity contribution is -0.121. The summed E-state index contributed by atoms with van der Waals surface area (Å²) in [6.45, 7) is 1.17. The summed E-state index contributed by atoms with van der Waals surface area (Å²) in [6.07, 6.45) is 0. The molecule has 0 spiro atoms. The molecule has 0 unspecified atom stereocenters. The van der Waals surface area contributed by atoms with Crippen LogP contribution in [0.5, 0.6) is 0 Å². The van der Waals surface area contributed by atoms with E-state index < -0.39 is 50.6 Å². The molecule has 2 aromatic carbocycles. The van der Waals surface area contributed by atoms with E-state index in [4.69, 9.17) is 9.88 Å². The number of nitrogens with zero attached hydrogens (tertiary/aromatic N) is 1. The zero-order chi connectivity index (χ0) is 20.2. The normalized spacial score (nSPS) is 11.1. The molecule has 0 heterocycles. The molecule has 0 aromatic heterocycles. The van der Waals surface area contributed by atoms with Crippen molar-refractivity contribution in [3.8, 4) is 0 Å². The van der Waals surface area contributed by atoms with E-state index >= 15 is 0 Å². The molecule has 0 saturated carbocycles. The second-order valence-electron chi connectivity index (χ2n) is 5.38. The summed E-state index contributed by atoms with van der Waals surface area (Å²) >= 11 is 0. The SMILES string of the molecule is CCN(C(=O)COC(=O)c1cc(S(N)(=O)=O)ccc1F)c1ccc(F)cc1. The molecule has 7 nitrogen and oxygen atoms in total. The number of anilines is 1. The second-order valence-corrected chi connectivity index (χ2v) is 6.94. The molecule has 0 aliphatic carbocycles. The van der Waals surface area contributed by atoms with Crippen LogP contribution in [0.15, 0.2) is 47.4 Å². The monoisotopic (exact) mass is 398 g/mol. The van der Waals surface area contributed by atoms with Gasteiger partial charge >= 0.3 is 5.97 Å². The topological polar surface area (TPSA) is 107 Å². The van der Waals surface area contributed by atoms with Crippen LogP contribution in [0.2, 0.25) is 0 Å². The zero-order valence-corrected chi connectivity index (χ0v) is 15.0. The van der Waals surface area contributed by atoms with Crippen LogP contribution in [0, 0.1) is 11.6 Å². The van der Waals surface area contributed by atoms with Crippen molar-refractivity contribution in [1.29, 1.82) is 0 Å². The zero-order valence-electron chi connectivity index (χ0n) is 14.2. The summed E-state index contributed by atoms with van der Waals surface area (Å²) in [4.78, 5) is 25.0. The van der Waals surface area contributed by atoms with E-state index in [1.54, 1.807) is 6.92 Å². The maximum Gasteiger partial charge on any atom is 0.341 e. The predicted octanol–water partition coefficient (Wildman–Crippen LogP) is 1.82. The van der Waals surface area contributed by atoms with Crippen molar-refractivity contribution in [1.82, 2.24) is 0 Å². The van der Waals surface area contributed by atoms with Crippen molar-refractivity contribution in [2.45, 2.75) is 11.8 Å². The Morgan fingerprint density at radius 3 is 2.30 bits per heavy atom. The molecule has 0 radical (unpaired) electrons. The molecule has 10 heteroatoms. The number of hydrogen-bond acceptors (Lipinski definition) is 5. The number of carbonyl (C=O) groups is 2. The van der Waals surface area contributed by atoms with Gasteiger partial charge in [0.1, 0.15) is 11.6 Å². The molecule has 27 heavy (non-hydrogen) atoms. The molecule has 2 rings (SSSR count). The van der Waals surface area contributed by atoms with E-state index in [9.17, 15) is 26.8 Å². The van der Waals surface area contributed by atoms with E-state index in [-0.39, 0.29) is 6.54 Å². The number of rotatable bonds is 6. The molecule has 2 aromatic rings. The van der Waals surface area contributed by atoms with Gasteiger partial charge in [-0.1, -0.05) is 0 Å². The fraction of sp³-hybridized carbons (Fsp3) is 0.176. The summed E-state index contributed by atoms with van der Waals surface area (Å²) in [5.41, 5.74) is -0.276. The minimum atomic E-state index is -4.14. The Bertz CT molecular complexity index is 962. The van der Waals surface area contributed by atoms with Crippen LogP contribution in [-0.4, -0.2) is 33.4 Å². The van der Waals surface area contributed by atoms with E-state index in [1.165, 1.54) is 29.2 Å². The Hall–Kier alpha value is -2.85. The van der Waals surface area contributed by atoms with Crippen molar-refractivity contribution < 1.29 is 31.5 Å². The number of halogens is 2. The van der Waals surface area contributed by atoms with Gasteiger partial charge in [-0.3, -0.25) is 4.79 Å².